The Bertz CT molecular complexity index is 486. The standard InChI is InChI=1S/C20H32O2/c1-12(21)16-4-5-17-15-11-13-10-14(22)6-8-19(13,2)18(15)7-9-20(16,17)3/h13-18,22H,4-11H2,1-3H3/t13-,14+,15?,16+,17?,18?,19-,20+/m0/s1. The van der Waals surface area contributed by atoms with Gasteiger partial charge in [-0.1, -0.05) is 13.8 Å². The van der Waals surface area contributed by atoms with E-state index in [1.807, 2.05) is 6.92 Å². The number of carbonyl (C=O) groups excluding carboxylic acids is 1. The Morgan fingerprint density at radius 3 is 2.36 bits per heavy atom. The van der Waals surface area contributed by atoms with E-state index in [0.717, 1.165) is 42.9 Å². The lowest BCUT2D eigenvalue weighted by Crippen LogP contribution is -2.45. The monoisotopic (exact) mass is 304 g/mol. The highest BCUT2D eigenvalue weighted by atomic mass is 16.3. The highest BCUT2D eigenvalue weighted by molar-refractivity contribution is 5.79. The molecule has 4 aliphatic rings. The Kier molecular flexibility index (Phi) is 3.32. The van der Waals surface area contributed by atoms with Crippen LogP contribution >= 0.6 is 0 Å². The van der Waals surface area contributed by atoms with Crippen LogP contribution in [0.4, 0.5) is 0 Å². The van der Waals surface area contributed by atoms with Crippen molar-refractivity contribution in [3.63, 3.8) is 0 Å². The molecular formula is C20H32O2. The van der Waals surface area contributed by atoms with Crippen LogP contribution in [0.25, 0.3) is 0 Å². The molecule has 4 saturated carbocycles. The summed E-state index contributed by atoms with van der Waals surface area (Å²) in [5.74, 6) is 3.92. The first kappa shape index (κ1) is 15.2. The number of ketones is 1. The topological polar surface area (TPSA) is 37.3 Å². The number of rotatable bonds is 1. The van der Waals surface area contributed by atoms with Crippen molar-refractivity contribution < 1.29 is 9.90 Å². The van der Waals surface area contributed by atoms with Gasteiger partial charge in [0.25, 0.3) is 0 Å². The molecule has 0 bridgehead atoms. The third-order valence-corrected chi connectivity index (χ3v) is 8.84. The van der Waals surface area contributed by atoms with E-state index in [0.29, 0.717) is 17.1 Å². The fourth-order valence-electron chi connectivity index (χ4n) is 7.68. The van der Waals surface area contributed by atoms with E-state index in [9.17, 15) is 9.90 Å². The van der Waals surface area contributed by atoms with E-state index in [2.05, 4.69) is 13.8 Å². The Balaban J connectivity index is 1.64. The van der Waals surface area contributed by atoms with E-state index < -0.39 is 0 Å². The van der Waals surface area contributed by atoms with Gasteiger partial charge in [-0.15, -0.1) is 0 Å². The first-order valence-electron chi connectivity index (χ1n) is 9.55. The summed E-state index contributed by atoms with van der Waals surface area (Å²) in [6.45, 7) is 6.76. The molecule has 4 aliphatic carbocycles. The fraction of sp³-hybridized carbons (Fsp3) is 0.950. The average molecular weight is 304 g/mol. The summed E-state index contributed by atoms with van der Waals surface area (Å²) in [6.07, 6.45) is 9.51. The Labute approximate surface area is 135 Å². The molecule has 0 aromatic carbocycles. The van der Waals surface area contributed by atoms with Gasteiger partial charge in [0.05, 0.1) is 6.10 Å². The maximum atomic E-state index is 12.1. The molecule has 2 nitrogen and oxygen atoms in total. The summed E-state index contributed by atoms with van der Waals surface area (Å²) in [5.41, 5.74) is 0.745. The van der Waals surface area contributed by atoms with Crippen molar-refractivity contribution in [2.24, 2.45) is 40.4 Å². The van der Waals surface area contributed by atoms with Crippen molar-refractivity contribution in [1.82, 2.24) is 0 Å². The molecule has 1 N–H and O–H groups in total. The molecule has 4 fully saturated rings. The van der Waals surface area contributed by atoms with Gasteiger partial charge >= 0.3 is 0 Å². The number of fused-ring (bicyclic) bond motifs is 5. The van der Waals surface area contributed by atoms with Crippen molar-refractivity contribution in [1.29, 1.82) is 0 Å². The Hall–Kier alpha value is -0.370. The molecule has 0 radical (unpaired) electrons. The molecule has 8 atom stereocenters. The van der Waals surface area contributed by atoms with Crippen LogP contribution < -0.4 is 0 Å². The second kappa shape index (κ2) is 4.82. The Morgan fingerprint density at radius 1 is 0.955 bits per heavy atom. The summed E-state index contributed by atoms with van der Waals surface area (Å²) in [7, 11) is 0. The van der Waals surface area contributed by atoms with Gasteiger partial charge < -0.3 is 5.11 Å². The lowest BCUT2D eigenvalue weighted by Gasteiger charge is -2.50. The van der Waals surface area contributed by atoms with Crippen LogP contribution in [0.3, 0.4) is 0 Å². The SMILES string of the molecule is CC(=O)[C@H]1CCC2C3C[C@@H]4C[C@H](O)CC[C@]4(C)C3CC[C@@]21C. The van der Waals surface area contributed by atoms with E-state index >= 15 is 0 Å². The van der Waals surface area contributed by atoms with Crippen LogP contribution in [0.15, 0.2) is 0 Å². The second-order valence-corrected chi connectivity index (χ2v) is 9.53. The number of hydrogen-bond donors (Lipinski definition) is 1. The van der Waals surface area contributed by atoms with Crippen molar-refractivity contribution in [3.05, 3.63) is 0 Å². The minimum Gasteiger partial charge on any atom is -0.393 e. The zero-order chi connectivity index (χ0) is 15.7. The zero-order valence-corrected chi connectivity index (χ0v) is 14.5. The molecule has 22 heavy (non-hydrogen) atoms. The lowest BCUT2D eigenvalue weighted by atomic mass is 9.54. The van der Waals surface area contributed by atoms with Gasteiger partial charge in [-0.25, -0.2) is 0 Å². The smallest absolute Gasteiger partial charge is 0.133 e. The molecule has 2 heteroatoms. The third kappa shape index (κ3) is 1.85. The molecule has 0 heterocycles. The maximum Gasteiger partial charge on any atom is 0.133 e. The summed E-state index contributed by atoms with van der Waals surface area (Å²) in [6, 6.07) is 0. The predicted molar refractivity (Wildman–Crippen MR) is 87.3 cm³/mol. The van der Waals surface area contributed by atoms with Crippen molar-refractivity contribution in [2.45, 2.75) is 78.2 Å². The van der Waals surface area contributed by atoms with Crippen LogP contribution in [0, 0.1) is 40.4 Å². The minimum absolute atomic E-state index is 0.0573. The summed E-state index contributed by atoms with van der Waals surface area (Å²) < 4.78 is 0. The average Bonchev–Trinajstić information content (AvgIpc) is 2.93. The molecule has 0 aromatic rings. The van der Waals surface area contributed by atoms with Crippen molar-refractivity contribution in [3.8, 4) is 0 Å². The van der Waals surface area contributed by atoms with E-state index in [1.165, 1.54) is 32.1 Å². The molecule has 0 aliphatic heterocycles. The molecular weight excluding hydrogens is 272 g/mol. The van der Waals surface area contributed by atoms with Crippen molar-refractivity contribution in [2.75, 3.05) is 0 Å². The number of aliphatic hydroxyl groups is 1. The molecule has 0 saturated heterocycles. The summed E-state index contributed by atoms with van der Waals surface area (Å²) in [5, 5.41) is 10.1. The first-order chi connectivity index (χ1) is 10.4. The molecule has 0 amide bonds. The molecule has 124 valence electrons. The number of hydrogen-bond acceptors (Lipinski definition) is 2. The summed E-state index contributed by atoms with van der Waals surface area (Å²) >= 11 is 0. The number of carbonyl (C=O) groups is 1. The quantitative estimate of drug-likeness (QED) is 0.788. The van der Waals surface area contributed by atoms with Crippen LogP contribution in [0.2, 0.25) is 0 Å². The number of aliphatic hydroxyl groups excluding tert-OH is 1. The Morgan fingerprint density at radius 2 is 1.64 bits per heavy atom. The van der Waals surface area contributed by atoms with E-state index in [4.69, 9.17) is 0 Å². The third-order valence-electron chi connectivity index (χ3n) is 8.84. The van der Waals surface area contributed by atoms with Gasteiger partial charge in [0.2, 0.25) is 0 Å². The summed E-state index contributed by atoms with van der Waals surface area (Å²) in [4.78, 5) is 12.1. The minimum atomic E-state index is -0.0573. The van der Waals surface area contributed by atoms with Gasteiger partial charge in [-0.05, 0) is 92.8 Å². The lowest BCUT2D eigenvalue weighted by molar-refractivity contribution is -0.126. The zero-order valence-electron chi connectivity index (χ0n) is 14.5. The molecule has 0 spiro atoms. The molecule has 4 rings (SSSR count). The van der Waals surface area contributed by atoms with E-state index in [-0.39, 0.29) is 11.5 Å². The fourth-order valence-corrected chi connectivity index (χ4v) is 7.68. The van der Waals surface area contributed by atoms with Gasteiger partial charge in [-0.3, -0.25) is 4.79 Å². The molecule has 0 aromatic heterocycles. The first-order valence-corrected chi connectivity index (χ1v) is 9.55. The largest absolute Gasteiger partial charge is 0.393 e. The number of Topliss-reactive ketones (excluding diaryl/α,β-unsaturated/α-hetero) is 1. The molecule has 3 unspecified atom stereocenters. The van der Waals surface area contributed by atoms with Crippen LogP contribution in [0.1, 0.15) is 72.1 Å². The van der Waals surface area contributed by atoms with Gasteiger partial charge in [0.1, 0.15) is 5.78 Å². The van der Waals surface area contributed by atoms with Crippen molar-refractivity contribution >= 4 is 5.78 Å². The van der Waals surface area contributed by atoms with Crippen LogP contribution in [-0.2, 0) is 4.79 Å². The van der Waals surface area contributed by atoms with Gasteiger partial charge in [-0.2, -0.15) is 0 Å². The predicted octanol–water partition coefficient (Wildman–Crippen LogP) is 4.21. The van der Waals surface area contributed by atoms with Crippen LogP contribution in [0.5, 0.6) is 0 Å². The van der Waals surface area contributed by atoms with Gasteiger partial charge in [0.15, 0.2) is 0 Å². The van der Waals surface area contributed by atoms with E-state index in [1.54, 1.807) is 0 Å². The normalized spacial score (nSPS) is 57.1. The highest BCUT2D eigenvalue weighted by Crippen LogP contribution is 2.69. The highest BCUT2D eigenvalue weighted by Gasteiger charge is 2.62. The van der Waals surface area contributed by atoms with Gasteiger partial charge in [0, 0.05) is 5.92 Å². The van der Waals surface area contributed by atoms with Crippen LogP contribution in [-0.4, -0.2) is 17.0 Å². The maximum absolute atomic E-state index is 12.1. The second-order valence-electron chi connectivity index (χ2n) is 9.53.